The van der Waals surface area contributed by atoms with Gasteiger partial charge in [0, 0.05) is 6.42 Å². The molecule has 0 aliphatic carbocycles. The minimum atomic E-state index is -0.155. The number of benzene rings is 1. The van der Waals surface area contributed by atoms with E-state index < -0.39 is 0 Å². The van der Waals surface area contributed by atoms with Crippen molar-refractivity contribution in [3.8, 4) is 5.75 Å². The van der Waals surface area contributed by atoms with Crippen LogP contribution in [0, 0.1) is 13.8 Å². The highest BCUT2D eigenvalue weighted by Crippen LogP contribution is 2.22. The van der Waals surface area contributed by atoms with Gasteiger partial charge in [-0.25, -0.2) is 0 Å². The van der Waals surface area contributed by atoms with Crippen LogP contribution in [0.15, 0.2) is 18.2 Å². The summed E-state index contributed by atoms with van der Waals surface area (Å²) in [6.07, 6.45) is 1.10. The number of aryl methyl sites for hydroxylation is 2. The third kappa shape index (κ3) is 4.47. The van der Waals surface area contributed by atoms with Crippen LogP contribution in [0.2, 0.25) is 0 Å². The van der Waals surface area contributed by atoms with E-state index in [1.807, 2.05) is 39.0 Å². The summed E-state index contributed by atoms with van der Waals surface area (Å²) in [6, 6.07) is 6.05. The van der Waals surface area contributed by atoms with Crippen LogP contribution >= 0.6 is 0 Å². The first-order chi connectivity index (χ1) is 8.15. The zero-order valence-electron chi connectivity index (χ0n) is 10.8. The van der Waals surface area contributed by atoms with Crippen molar-refractivity contribution < 1.29 is 14.3 Å². The Morgan fingerprint density at radius 2 is 1.88 bits per heavy atom. The average molecular weight is 236 g/mol. The van der Waals surface area contributed by atoms with Crippen molar-refractivity contribution in [2.24, 2.45) is 0 Å². The molecule has 0 saturated carbocycles. The lowest BCUT2D eigenvalue weighted by molar-refractivity contribution is -0.143. The molecule has 0 bridgehead atoms. The fourth-order valence-corrected chi connectivity index (χ4v) is 1.65. The Balaban J connectivity index is 2.34. The zero-order chi connectivity index (χ0) is 12.7. The summed E-state index contributed by atoms with van der Waals surface area (Å²) < 4.78 is 10.5. The van der Waals surface area contributed by atoms with E-state index in [9.17, 15) is 4.79 Å². The van der Waals surface area contributed by atoms with Crippen LogP contribution in [0.1, 0.15) is 30.9 Å². The predicted molar refractivity (Wildman–Crippen MR) is 67.3 cm³/mol. The Morgan fingerprint density at radius 1 is 1.24 bits per heavy atom. The summed E-state index contributed by atoms with van der Waals surface area (Å²) in [4.78, 5) is 11.1. The number of esters is 1. The highest BCUT2D eigenvalue weighted by molar-refractivity contribution is 5.69. The van der Waals surface area contributed by atoms with E-state index in [2.05, 4.69) is 0 Å². The Bertz CT molecular complexity index is 351. The Labute approximate surface area is 103 Å². The van der Waals surface area contributed by atoms with Crippen LogP contribution in [0.4, 0.5) is 0 Å². The molecule has 0 aliphatic heterocycles. The lowest BCUT2D eigenvalue weighted by Gasteiger charge is -2.11. The summed E-state index contributed by atoms with van der Waals surface area (Å²) in [5, 5.41) is 0. The van der Waals surface area contributed by atoms with Crippen LogP contribution in [-0.2, 0) is 9.53 Å². The summed E-state index contributed by atoms with van der Waals surface area (Å²) >= 11 is 0. The summed E-state index contributed by atoms with van der Waals surface area (Å²) in [5.41, 5.74) is 2.25. The third-order valence-corrected chi connectivity index (χ3v) is 2.49. The van der Waals surface area contributed by atoms with Crippen LogP contribution in [0.5, 0.6) is 5.75 Å². The molecule has 0 aromatic heterocycles. The van der Waals surface area contributed by atoms with Crippen molar-refractivity contribution in [2.45, 2.75) is 33.6 Å². The molecule has 0 amide bonds. The topological polar surface area (TPSA) is 35.5 Å². The summed E-state index contributed by atoms with van der Waals surface area (Å²) in [5.74, 6) is 0.772. The Hall–Kier alpha value is -1.51. The number of ether oxygens (including phenoxy) is 2. The van der Waals surface area contributed by atoms with Gasteiger partial charge in [-0.05, 0) is 38.3 Å². The number of para-hydroxylation sites is 1. The van der Waals surface area contributed by atoms with Gasteiger partial charge in [-0.2, -0.15) is 0 Å². The van der Waals surface area contributed by atoms with Gasteiger partial charge in [0.15, 0.2) is 0 Å². The summed E-state index contributed by atoms with van der Waals surface area (Å²) in [7, 11) is 0. The van der Waals surface area contributed by atoms with E-state index in [-0.39, 0.29) is 5.97 Å². The fourth-order valence-electron chi connectivity index (χ4n) is 1.65. The average Bonchev–Trinajstić information content (AvgIpc) is 2.28. The third-order valence-electron chi connectivity index (χ3n) is 2.49. The maximum atomic E-state index is 11.1. The largest absolute Gasteiger partial charge is 0.493 e. The van der Waals surface area contributed by atoms with Crippen LogP contribution < -0.4 is 4.74 Å². The first-order valence-electron chi connectivity index (χ1n) is 5.99. The van der Waals surface area contributed by atoms with Gasteiger partial charge in [0.2, 0.25) is 0 Å². The molecule has 1 rings (SSSR count). The number of hydrogen-bond donors (Lipinski definition) is 0. The van der Waals surface area contributed by atoms with Crippen molar-refractivity contribution in [1.82, 2.24) is 0 Å². The lowest BCUT2D eigenvalue weighted by atomic mass is 10.1. The number of rotatable bonds is 6. The molecule has 17 heavy (non-hydrogen) atoms. The predicted octanol–water partition coefficient (Wildman–Crippen LogP) is 3.03. The maximum absolute atomic E-state index is 11.1. The highest BCUT2D eigenvalue weighted by atomic mass is 16.5. The van der Waals surface area contributed by atoms with Gasteiger partial charge < -0.3 is 9.47 Å². The first kappa shape index (κ1) is 13.6. The molecule has 0 radical (unpaired) electrons. The fraction of sp³-hybridized carbons (Fsp3) is 0.500. The maximum Gasteiger partial charge on any atom is 0.305 e. The smallest absolute Gasteiger partial charge is 0.305 e. The standard InChI is InChI=1S/C14H20O3/c1-4-16-13(15)9-6-10-17-14-11(2)7-5-8-12(14)3/h5,7-8H,4,6,9-10H2,1-3H3. The quantitative estimate of drug-likeness (QED) is 0.562. The van der Waals surface area contributed by atoms with Gasteiger partial charge >= 0.3 is 5.97 Å². The molecule has 0 atom stereocenters. The van der Waals surface area contributed by atoms with Crippen molar-refractivity contribution in [2.75, 3.05) is 13.2 Å². The highest BCUT2D eigenvalue weighted by Gasteiger charge is 2.04. The lowest BCUT2D eigenvalue weighted by Crippen LogP contribution is -2.07. The van der Waals surface area contributed by atoms with Crippen LogP contribution in [0.3, 0.4) is 0 Å². The van der Waals surface area contributed by atoms with Gasteiger partial charge in [-0.3, -0.25) is 4.79 Å². The zero-order valence-corrected chi connectivity index (χ0v) is 10.8. The van der Waals surface area contributed by atoms with Gasteiger partial charge in [0.25, 0.3) is 0 Å². The second kappa shape index (κ2) is 6.94. The van der Waals surface area contributed by atoms with E-state index >= 15 is 0 Å². The monoisotopic (exact) mass is 236 g/mol. The molecule has 0 aliphatic rings. The SMILES string of the molecule is CCOC(=O)CCCOc1c(C)cccc1C. The van der Waals surface area contributed by atoms with E-state index in [1.54, 1.807) is 0 Å². The number of carbonyl (C=O) groups excluding carboxylic acids is 1. The molecule has 1 aromatic carbocycles. The molecule has 0 fully saturated rings. The summed E-state index contributed by atoms with van der Waals surface area (Å²) in [6.45, 7) is 6.84. The minimum Gasteiger partial charge on any atom is -0.493 e. The Morgan fingerprint density at radius 3 is 2.47 bits per heavy atom. The van der Waals surface area contributed by atoms with Crippen molar-refractivity contribution in [3.63, 3.8) is 0 Å². The first-order valence-corrected chi connectivity index (χ1v) is 5.99. The number of carbonyl (C=O) groups is 1. The van der Waals surface area contributed by atoms with Crippen molar-refractivity contribution >= 4 is 5.97 Å². The molecule has 3 nitrogen and oxygen atoms in total. The molecule has 1 aromatic rings. The molecule has 0 spiro atoms. The van der Waals surface area contributed by atoms with E-state index in [0.717, 1.165) is 16.9 Å². The minimum absolute atomic E-state index is 0.155. The molecular weight excluding hydrogens is 216 g/mol. The van der Waals surface area contributed by atoms with Crippen molar-refractivity contribution in [3.05, 3.63) is 29.3 Å². The van der Waals surface area contributed by atoms with E-state index in [0.29, 0.717) is 26.1 Å². The normalized spacial score (nSPS) is 10.1. The second-order valence-electron chi connectivity index (χ2n) is 3.98. The Kier molecular flexibility index (Phi) is 5.53. The van der Waals surface area contributed by atoms with Gasteiger partial charge in [0.05, 0.1) is 13.2 Å². The molecule has 94 valence electrons. The second-order valence-corrected chi connectivity index (χ2v) is 3.98. The van der Waals surface area contributed by atoms with E-state index in [1.165, 1.54) is 0 Å². The molecule has 0 heterocycles. The molecule has 0 N–H and O–H groups in total. The molecule has 0 saturated heterocycles. The van der Waals surface area contributed by atoms with Crippen molar-refractivity contribution in [1.29, 1.82) is 0 Å². The number of hydrogen-bond acceptors (Lipinski definition) is 3. The van der Waals surface area contributed by atoms with Crippen LogP contribution in [-0.4, -0.2) is 19.2 Å². The molecule has 0 unspecified atom stereocenters. The van der Waals surface area contributed by atoms with E-state index in [4.69, 9.17) is 9.47 Å². The van der Waals surface area contributed by atoms with Gasteiger partial charge in [0.1, 0.15) is 5.75 Å². The van der Waals surface area contributed by atoms with Gasteiger partial charge in [-0.1, -0.05) is 18.2 Å². The van der Waals surface area contributed by atoms with Crippen LogP contribution in [0.25, 0.3) is 0 Å². The van der Waals surface area contributed by atoms with Gasteiger partial charge in [-0.15, -0.1) is 0 Å². The molecular formula is C14H20O3. The molecule has 3 heteroatoms.